The Morgan fingerprint density at radius 3 is 0.500 bits per heavy atom. The van der Waals surface area contributed by atoms with Gasteiger partial charge < -0.3 is 16.4 Å². The third-order valence-electron chi connectivity index (χ3n) is 0. The zero-order valence-electron chi connectivity index (χ0n) is 3.01. The molecule has 0 atom stereocenters. The minimum Gasteiger partial charge on any atom is -0.412 e. The van der Waals surface area contributed by atoms with Crippen LogP contribution in [0.25, 0.3) is 0 Å². The SMILES string of the molecule is O.O.O.[B].[B].[Fe]. The van der Waals surface area contributed by atoms with E-state index in [0.717, 1.165) is 0 Å². The Bertz CT molecular complexity index is 8.75. The average molecular weight is 132 g/mol. The first-order valence-electron chi connectivity index (χ1n) is 0. The summed E-state index contributed by atoms with van der Waals surface area (Å²) in [5.74, 6) is 0. The zero-order chi connectivity index (χ0) is 0. The first-order chi connectivity index (χ1) is 0. The molecule has 0 rings (SSSR count). The largest absolute Gasteiger partial charge is 0.412 e. The summed E-state index contributed by atoms with van der Waals surface area (Å²) in [6.07, 6.45) is 0. The van der Waals surface area contributed by atoms with Crippen LogP contribution >= 0.6 is 0 Å². The van der Waals surface area contributed by atoms with E-state index in [1.807, 2.05) is 0 Å². The van der Waals surface area contributed by atoms with Crippen LogP contribution in [0, 0.1) is 0 Å². The van der Waals surface area contributed by atoms with Crippen molar-refractivity contribution in [1.29, 1.82) is 0 Å². The van der Waals surface area contributed by atoms with E-state index in [-0.39, 0.29) is 50.3 Å². The van der Waals surface area contributed by atoms with Crippen LogP contribution in [0.4, 0.5) is 0 Å². The second-order valence-electron chi connectivity index (χ2n) is 0. The van der Waals surface area contributed by atoms with Crippen molar-refractivity contribution in [3.63, 3.8) is 0 Å². The molecule has 38 valence electrons. The fraction of sp³-hybridized carbons (Fsp3) is 0. The molecule has 6 radical (unpaired) electrons. The summed E-state index contributed by atoms with van der Waals surface area (Å²) < 4.78 is 0. The van der Waals surface area contributed by atoms with Gasteiger partial charge in [0.25, 0.3) is 0 Å². The van der Waals surface area contributed by atoms with Gasteiger partial charge in [0.1, 0.15) is 0 Å². The second kappa shape index (κ2) is 405. The van der Waals surface area contributed by atoms with Crippen molar-refractivity contribution in [3.8, 4) is 0 Å². The van der Waals surface area contributed by atoms with Crippen molar-refractivity contribution in [2.24, 2.45) is 0 Å². The molecule has 6 N–H and O–H groups in total. The van der Waals surface area contributed by atoms with Crippen molar-refractivity contribution >= 4 is 16.8 Å². The normalized spacial score (nSPS) is 0. The van der Waals surface area contributed by atoms with Gasteiger partial charge in [-0.3, -0.25) is 0 Å². The van der Waals surface area contributed by atoms with E-state index in [1.54, 1.807) is 0 Å². The molecular formula is H6B2FeO3. The molecular weight excluding hydrogens is 125 g/mol. The Balaban J connectivity index is 0. The van der Waals surface area contributed by atoms with Crippen LogP contribution in [-0.4, -0.2) is 33.3 Å². The molecule has 6 heteroatoms. The summed E-state index contributed by atoms with van der Waals surface area (Å²) in [6.45, 7) is 0. The summed E-state index contributed by atoms with van der Waals surface area (Å²) in [7, 11) is 0. The van der Waals surface area contributed by atoms with E-state index in [0.29, 0.717) is 0 Å². The number of hydrogen-bond donors (Lipinski definition) is 0. The third kappa shape index (κ3) is 201. The molecule has 0 aromatic heterocycles. The smallest absolute Gasteiger partial charge is 0 e. The predicted molar refractivity (Wildman–Crippen MR) is 22.3 cm³/mol. The van der Waals surface area contributed by atoms with E-state index in [4.69, 9.17) is 0 Å². The van der Waals surface area contributed by atoms with Gasteiger partial charge in [-0.1, -0.05) is 0 Å². The third-order valence-corrected chi connectivity index (χ3v) is 0. The van der Waals surface area contributed by atoms with E-state index < -0.39 is 0 Å². The molecule has 0 aromatic rings. The molecule has 3 nitrogen and oxygen atoms in total. The summed E-state index contributed by atoms with van der Waals surface area (Å²) in [6, 6.07) is 0. The average Bonchev–Trinajstić information content (AvgIpc) is 0. The maximum atomic E-state index is 0. The first-order valence-corrected chi connectivity index (χ1v) is 0. The van der Waals surface area contributed by atoms with Gasteiger partial charge in [0, 0.05) is 33.9 Å². The second-order valence-corrected chi connectivity index (χ2v) is 0. The molecule has 0 fully saturated rings. The molecule has 0 aromatic carbocycles. The first kappa shape index (κ1) is 712. The molecule has 0 saturated carbocycles. The van der Waals surface area contributed by atoms with Crippen LogP contribution in [0.5, 0.6) is 0 Å². The molecule has 0 aliphatic heterocycles. The monoisotopic (exact) mass is 132 g/mol. The van der Waals surface area contributed by atoms with Crippen LogP contribution < -0.4 is 0 Å². The molecule has 0 heterocycles. The summed E-state index contributed by atoms with van der Waals surface area (Å²) in [4.78, 5) is 0. The molecule has 0 aliphatic rings. The van der Waals surface area contributed by atoms with Crippen LogP contribution in [0.2, 0.25) is 0 Å². The molecule has 6 heavy (non-hydrogen) atoms. The number of rotatable bonds is 0. The fourth-order valence-electron chi connectivity index (χ4n) is 0. The zero-order valence-corrected chi connectivity index (χ0v) is 4.11. The summed E-state index contributed by atoms with van der Waals surface area (Å²) >= 11 is 0. The Morgan fingerprint density at radius 2 is 0.500 bits per heavy atom. The van der Waals surface area contributed by atoms with Gasteiger partial charge in [-0.15, -0.1) is 0 Å². The van der Waals surface area contributed by atoms with E-state index in [2.05, 4.69) is 0 Å². The van der Waals surface area contributed by atoms with Gasteiger partial charge >= 0.3 is 0 Å². The molecule has 0 amide bonds. The quantitative estimate of drug-likeness (QED) is 0.309. The van der Waals surface area contributed by atoms with Crippen LogP contribution in [-0.2, 0) is 17.1 Å². The minimum atomic E-state index is 0. The van der Waals surface area contributed by atoms with Crippen LogP contribution in [0.1, 0.15) is 0 Å². The van der Waals surface area contributed by atoms with Gasteiger partial charge in [-0.05, 0) is 0 Å². The van der Waals surface area contributed by atoms with Gasteiger partial charge in [0.2, 0.25) is 0 Å². The van der Waals surface area contributed by atoms with Gasteiger partial charge in [0.05, 0.1) is 0 Å². The molecule has 0 aliphatic carbocycles. The molecule has 0 spiro atoms. The van der Waals surface area contributed by atoms with E-state index in [9.17, 15) is 0 Å². The van der Waals surface area contributed by atoms with Gasteiger partial charge in [0.15, 0.2) is 0 Å². The van der Waals surface area contributed by atoms with Crippen molar-refractivity contribution in [1.82, 2.24) is 0 Å². The van der Waals surface area contributed by atoms with Gasteiger partial charge in [-0.2, -0.15) is 0 Å². The van der Waals surface area contributed by atoms with E-state index in [1.165, 1.54) is 0 Å². The molecule has 0 bridgehead atoms. The Morgan fingerprint density at radius 1 is 0.500 bits per heavy atom. The fourth-order valence-corrected chi connectivity index (χ4v) is 0. The maximum absolute atomic E-state index is 0. The molecule has 0 saturated heterocycles. The summed E-state index contributed by atoms with van der Waals surface area (Å²) in [5.41, 5.74) is 0. The summed E-state index contributed by atoms with van der Waals surface area (Å²) in [5, 5.41) is 0. The van der Waals surface area contributed by atoms with Gasteiger partial charge in [-0.25, -0.2) is 0 Å². The van der Waals surface area contributed by atoms with Crippen molar-refractivity contribution in [2.45, 2.75) is 0 Å². The van der Waals surface area contributed by atoms with Crippen LogP contribution in [0.3, 0.4) is 0 Å². The standard InChI is InChI=1S/2B.Fe.3H2O/h;;;3*1H2. The maximum Gasteiger partial charge on any atom is 0 e. The van der Waals surface area contributed by atoms with Crippen molar-refractivity contribution in [2.75, 3.05) is 0 Å². The van der Waals surface area contributed by atoms with Crippen molar-refractivity contribution in [3.05, 3.63) is 0 Å². The Kier molecular flexibility index (Phi) is 48100. The predicted octanol–water partition coefficient (Wildman–Crippen LogP) is -3.24. The minimum absolute atomic E-state index is 0. The molecule has 0 unspecified atom stereocenters. The number of hydrogen-bond acceptors (Lipinski definition) is 0. The topological polar surface area (TPSA) is 94.5 Å². The van der Waals surface area contributed by atoms with Crippen LogP contribution in [0.15, 0.2) is 0 Å². The Labute approximate surface area is 51.1 Å². The van der Waals surface area contributed by atoms with E-state index >= 15 is 0 Å². The van der Waals surface area contributed by atoms with Crippen molar-refractivity contribution < 1.29 is 33.5 Å². The Hall–Kier alpha value is 0.529.